The Kier molecular flexibility index (Phi) is 3.40. The maximum absolute atomic E-state index is 11.2. The molecule has 69 valence electrons. The van der Waals surface area contributed by atoms with E-state index >= 15 is 0 Å². The summed E-state index contributed by atoms with van der Waals surface area (Å²) in [5, 5.41) is 2.65. The molecule has 0 unspecified atom stereocenters. The minimum absolute atomic E-state index is 0.0721. The van der Waals surface area contributed by atoms with Gasteiger partial charge in [-0.3, -0.25) is 4.79 Å². The maximum Gasteiger partial charge on any atom is 0.239 e. The van der Waals surface area contributed by atoms with Gasteiger partial charge in [-0.15, -0.1) is 0 Å². The average molecular weight is 178 g/mol. The van der Waals surface area contributed by atoms with E-state index in [1.807, 2.05) is 14.1 Å². The first kappa shape index (κ1) is 9.67. The number of hydrogen-bond donors (Lipinski definition) is 1. The van der Waals surface area contributed by atoms with Gasteiger partial charge >= 0.3 is 0 Å². The highest BCUT2D eigenvalue weighted by molar-refractivity contribution is 5.91. The van der Waals surface area contributed by atoms with Gasteiger partial charge in [0.25, 0.3) is 0 Å². The number of likely N-dealkylation sites (N-methyl/N-ethyl adjacent to an activating group) is 1. The van der Waals surface area contributed by atoms with E-state index in [1.165, 1.54) is 0 Å². The van der Waals surface area contributed by atoms with Gasteiger partial charge in [0.15, 0.2) is 0 Å². The first-order chi connectivity index (χ1) is 6.18. The van der Waals surface area contributed by atoms with Crippen LogP contribution in [0.5, 0.6) is 0 Å². The Morgan fingerprint density at radius 2 is 2.46 bits per heavy atom. The summed E-state index contributed by atoms with van der Waals surface area (Å²) in [4.78, 5) is 17.0. The summed E-state index contributed by atoms with van der Waals surface area (Å²) in [6.45, 7) is 0.358. The van der Waals surface area contributed by atoms with Crippen molar-refractivity contribution in [2.24, 2.45) is 0 Å². The molecular formula is C9H12N3O. The van der Waals surface area contributed by atoms with E-state index < -0.39 is 0 Å². The fraction of sp³-hybridized carbons (Fsp3) is 0.333. The maximum atomic E-state index is 11.2. The van der Waals surface area contributed by atoms with Crippen molar-refractivity contribution in [3.63, 3.8) is 0 Å². The lowest BCUT2D eigenvalue weighted by Crippen LogP contribution is -2.27. The van der Waals surface area contributed by atoms with E-state index in [-0.39, 0.29) is 5.91 Å². The summed E-state index contributed by atoms with van der Waals surface area (Å²) in [6.07, 6.45) is 1.59. The Labute approximate surface area is 77.6 Å². The van der Waals surface area contributed by atoms with Crippen LogP contribution in [0.15, 0.2) is 18.3 Å². The highest BCUT2D eigenvalue weighted by Gasteiger charge is 2.02. The minimum atomic E-state index is -0.0721. The van der Waals surface area contributed by atoms with E-state index in [0.717, 1.165) is 0 Å². The van der Waals surface area contributed by atoms with Gasteiger partial charge in [0, 0.05) is 6.20 Å². The molecule has 0 aliphatic heterocycles. The Morgan fingerprint density at radius 1 is 1.69 bits per heavy atom. The van der Waals surface area contributed by atoms with Crippen LogP contribution in [0, 0.1) is 6.07 Å². The van der Waals surface area contributed by atoms with Gasteiger partial charge in [0.2, 0.25) is 5.91 Å². The summed E-state index contributed by atoms with van der Waals surface area (Å²) in [6, 6.07) is 6.14. The third-order valence-corrected chi connectivity index (χ3v) is 1.33. The molecule has 4 heteroatoms. The molecule has 1 radical (unpaired) electrons. The van der Waals surface area contributed by atoms with Crippen LogP contribution < -0.4 is 5.32 Å². The van der Waals surface area contributed by atoms with Crippen molar-refractivity contribution >= 4 is 11.7 Å². The van der Waals surface area contributed by atoms with Crippen molar-refractivity contribution in [3.8, 4) is 0 Å². The molecule has 1 amide bonds. The monoisotopic (exact) mass is 178 g/mol. The number of pyridine rings is 1. The first-order valence-corrected chi connectivity index (χ1v) is 3.95. The highest BCUT2D eigenvalue weighted by Crippen LogP contribution is 1.98. The molecule has 1 aromatic rings. The summed E-state index contributed by atoms with van der Waals surface area (Å²) in [5.74, 6) is 0.464. The minimum Gasteiger partial charge on any atom is -0.310 e. The van der Waals surface area contributed by atoms with Crippen LogP contribution in [-0.2, 0) is 4.79 Å². The van der Waals surface area contributed by atoms with Gasteiger partial charge in [-0.05, 0) is 32.3 Å². The van der Waals surface area contributed by atoms with Crippen molar-refractivity contribution in [1.29, 1.82) is 0 Å². The van der Waals surface area contributed by atoms with Crippen molar-refractivity contribution < 1.29 is 4.79 Å². The van der Waals surface area contributed by atoms with Gasteiger partial charge in [-0.2, -0.15) is 0 Å². The first-order valence-electron chi connectivity index (χ1n) is 3.95. The van der Waals surface area contributed by atoms with E-state index in [0.29, 0.717) is 12.4 Å². The van der Waals surface area contributed by atoms with E-state index in [9.17, 15) is 4.79 Å². The Balaban J connectivity index is 2.46. The topological polar surface area (TPSA) is 45.2 Å². The molecule has 1 N–H and O–H groups in total. The summed E-state index contributed by atoms with van der Waals surface area (Å²) in [7, 11) is 3.67. The quantitative estimate of drug-likeness (QED) is 0.728. The number of aromatic nitrogens is 1. The predicted molar refractivity (Wildman–Crippen MR) is 50.3 cm³/mol. The second-order valence-corrected chi connectivity index (χ2v) is 2.93. The second kappa shape index (κ2) is 4.57. The fourth-order valence-electron chi connectivity index (χ4n) is 0.863. The molecule has 0 bridgehead atoms. The number of rotatable bonds is 3. The predicted octanol–water partition coefficient (Wildman–Crippen LogP) is 0.382. The van der Waals surface area contributed by atoms with Gasteiger partial charge in [-0.1, -0.05) is 0 Å². The number of nitrogens with zero attached hydrogens (tertiary/aromatic N) is 2. The van der Waals surface area contributed by atoms with E-state index in [2.05, 4.69) is 16.4 Å². The number of anilines is 1. The van der Waals surface area contributed by atoms with Crippen LogP contribution in [0.1, 0.15) is 0 Å². The third-order valence-electron chi connectivity index (χ3n) is 1.33. The van der Waals surface area contributed by atoms with Crippen molar-refractivity contribution in [2.75, 3.05) is 26.0 Å². The zero-order chi connectivity index (χ0) is 9.68. The molecular weight excluding hydrogens is 166 g/mol. The molecule has 13 heavy (non-hydrogen) atoms. The molecule has 1 aromatic heterocycles. The Morgan fingerprint density at radius 3 is 3.00 bits per heavy atom. The molecule has 0 spiro atoms. The standard InChI is InChI=1S/C9H12N3O/c1-12(2)7-9(13)11-8-5-3-4-6-10-8/h4-6H,7H2,1-2H3,(H,10,11,13). The van der Waals surface area contributed by atoms with Crippen LogP contribution in [0.4, 0.5) is 5.82 Å². The van der Waals surface area contributed by atoms with Gasteiger partial charge < -0.3 is 10.2 Å². The normalized spacial score (nSPS) is 10.1. The lowest BCUT2D eigenvalue weighted by molar-refractivity contribution is -0.116. The summed E-state index contributed by atoms with van der Waals surface area (Å²) >= 11 is 0. The average Bonchev–Trinajstić information content (AvgIpc) is 2.04. The van der Waals surface area contributed by atoms with Crippen molar-refractivity contribution in [2.45, 2.75) is 0 Å². The van der Waals surface area contributed by atoms with E-state index in [4.69, 9.17) is 0 Å². The third kappa shape index (κ3) is 3.66. The lowest BCUT2D eigenvalue weighted by Gasteiger charge is -2.08. The number of carbonyl (C=O) groups excluding carboxylic acids is 1. The Bertz CT molecular complexity index is 271. The highest BCUT2D eigenvalue weighted by atomic mass is 16.2. The molecule has 0 saturated heterocycles. The molecule has 1 heterocycles. The Hall–Kier alpha value is -1.42. The van der Waals surface area contributed by atoms with Gasteiger partial charge in [0.1, 0.15) is 5.82 Å². The molecule has 0 aliphatic carbocycles. The summed E-state index contributed by atoms with van der Waals surface area (Å²) in [5.41, 5.74) is 0. The van der Waals surface area contributed by atoms with E-state index in [1.54, 1.807) is 23.2 Å². The number of hydrogen-bond acceptors (Lipinski definition) is 3. The lowest BCUT2D eigenvalue weighted by atomic mass is 10.4. The summed E-state index contributed by atoms with van der Waals surface area (Å²) < 4.78 is 0. The largest absolute Gasteiger partial charge is 0.310 e. The number of nitrogens with one attached hydrogen (secondary N) is 1. The van der Waals surface area contributed by atoms with Gasteiger partial charge in [-0.25, -0.2) is 4.98 Å². The van der Waals surface area contributed by atoms with Gasteiger partial charge in [0.05, 0.1) is 6.54 Å². The smallest absolute Gasteiger partial charge is 0.239 e. The van der Waals surface area contributed by atoms with Crippen LogP contribution in [0.2, 0.25) is 0 Å². The molecule has 1 rings (SSSR count). The van der Waals surface area contributed by atoms with Crippen LogP contribution >= 0.6 is 0 Å². The molecule has 0 aliphatic rings. The zero-order valence-corrected chi connectivity index (χ0v) is 7.74. The fourth-order valence-corrected chi connectivity index (χ4v) is 0.863. The van der Waals surface area contributed by atoms with Crippen molar-refractivity contribution in [3.05, 3.63) is 24.4 Å². The molecule has 4 nitrogen and oxygen atoms in total. The number of amides is 1. The molecule has 0 atom stereocenters. The molecule has 0 fully saturated rings. The van der Waals surface area contributed by atoms with Crippen LogP contribution in [0.25, 0.3) is 0 Å². The molecule has 0 aromatic carbocycles. The molecule has 0 saturated carbocycles. The van der Waals surface area contributed by atoms with Crippen molar-refractivity contribution in [1.82, 2.24) is 9.88 Å². The SMILES string of the molecule is CN(C)CC(=O)Nc1c[c]ccn1. The second-order valence-electron chi connectivity index (χ2n) is 2.93. The van der Waals surface area contributed by atoms with Crippen LogP contribution in [0.3, 0.4) is 0 Å². The van der Waals surface area contributed by atoms with Crippen LogP contribution in [-0.4, -0.2) is 36.4 Å². The number of carbonyl (C=O) groups is 1. The zero-order valence-electron chi connectivity index (χ0n) is 7.74.